The van der Waals surface area contributed by atoms with E-state index in [2.05, 4.69) is 14.9 Å². The second-order valence-electron chi connectivity index (χ2n) is 6.98. The molecular formula is C20H20N4O3S2. The van der Waals surface area contributed by atoms with Gasteiger partial charge in [0.15, 0.2) is 16.8 Å². The molecule has 1 atom stereocenters. The number of carbonyl (C=O) groups is 1. The number of ketones is 1. The number of rotatable bonds is 5. The predicted octanol–water partition coefficient (Wildman–Crippen LogP) is 3.14. The summed E-state index contributed by atoms with van der Waals surface area (Å²) >= 11 is 1.44. The molecule has 4 rings (SSSR count). The highest BCUT2D eigenvalue weighted by Crippen LogP contribution is 2.33. The van der Waals surface area contributed by atoms with Crippen molar-refractivity contribution in [3.05, 3.63) is 59.7 Å². The summed E-state index contributed by atoms with van der Waals surface area (Å²) in [5.74, 6) is 0.791. The Kier molecular flexibility index (Phi) is 5.18. The number of aromatic nitrogens is 3. The third-order valence-corrected chi connectivity index (χ3v) is 6.69. The van der Waals surface area contributed by atoms with E-state index in [0.29, 0.717) is 16.7 Å². The number of fused-ring (bicyclic) bond motifs is 1. The number of nitrogens with zero attached hydrogens (tertiary/aromatic N) is 3. The Bertz CT molecular complexity index is 1170. The first kappa shape index (κ1) is 19.7. The summed E-state index contributed by atoms with van der Waals surface area (Å²) in [6, 6.07) is 14.7. The highest BCUT2D eigenvalue weighted by Gasteiger charge is 2.29. The maximum absolute atomic E-state index is 12.8. The highest BCUT2D eigenvalue weighted by atomic mass is 32.2. The van der Waals surface area contributed by atoms with E-state index in [1.807, 2.05) is 35.9 Å². The molecule has 0 saturated carbocycles. The van der Waals surface area contributed by atoms with Crippen molar-refractivity contribution in [1.82, 2.24) is 14.8 Å². The number of thioether (sulfide) groups is 1. The van der Waals surface area contributed by atoms with Crippen molar-refractivity contribution in [2.24, 2.45) is 7.05 Å². The number of hydrogen-bond donors (Lipinski definition) is 1. The quantitative estimate of drug-likeness (QED) is 0.671. The van der Waals surface area contributed by atoms with Crippen molar-refractivity contribution in [3.8, 4) is 11.4 Å². The molecule has 3 aromatic rings. The molecule has 1 N–H and O–H groups in total. The molecule has 0 fully saturated rings. The first-order valence-corrected chi connectivity index (χ1v) is 11.9. The summed E-state index contributed by atoms with van der Waals surface area (Å²) in [5, 5.41) is 9.04. The van der Waals surface area contributed by atoms with E-state index in [9.17, 15) is 13.2 Å². The van der Waals surface area contributed by atoms with Gasteiger partial charge in [0.1, 0.15) is 0 Å². The van der Waals surface area contributed by atoms with Gasteiger partial charge in [0.25, 0.3) is 0 Å². The summed E-state index contributed by atoms with van der Waals surface area (Å²) < 4.78 is 27.0. The van der Waals surface area contributed by atoms with Crippen LogP contribution < -0.4 is 4.72 Å². The van der Waals surface area contributed by atoms with Gasteiger partial charge in [-0.05, 0) is 42.7 Å². The average Bonchev–Trinajstić information content (AvgIpc) is 3.04. The van der Waals surface area contributed by atoms with Gasteiger partial charge >= 0.3 is 0 Å². The van der Waals surface area contributed by atoms with Crippen molar-refractivity contribution in [2.45, 2.75) is 23.2 Å². The van der Waals surface area contributed by atoms with Crippen LogP contribution in [0.25, 0.3) is 11.4 Å². The van der Waals surface area contributed by atoms with E-state index >= 15 is 0 Å². The fourth-order valence-corrected chi connectivity index (χ4v) is 5.00. The van der Waals surface area contributed by atoms with Crippen LogP contribution in [0, 0.1) is 0 Å². The number of aryl methyl sites for hydroxylation is 1. The van der Waals surface area contributed by atoms with Crippen LogP contribution in [0.4, 0.5) is 5.69 Å². The minimum atomic E-state index is -3.32. The normalized spacial score (nSPS) is 16.5. The molecule has 0 spiro atoms. The molecule has 29 heavy (non-hydrogen) atoms. The average molecular weight is 429 g/mol. The largest absolute Gasteiger partial charge is 0.305 e. The molecule has 0 saturated heterocycles. The first-order valence-electron chi connectivity index (χ1n) is 9.08. The Morgan fingerprint density at radius 1 is 1.10 bits per heavy atom. The Morgan fingerprint density at radius 2 is 1.83 bits per heavy atom. The van der Waals surface area contributed by atoms with Crippen LogP contribution in [0.3, 0.4) is 0 Å². The lowest BCUT2D eigenvalue weighted by atomic mass is 9.90. The van der Waals surface area contributed by atoms with Crippen molar-refractivity contribution in [3.63, 3.8) is 0 Å². The number of Topliss-reactive ketones (excluding diaryl/α,β-unsaturated/α-hetero) is 1. The van der Waals surface area contributed by atoms with Crippen molar-refractivity contribution >= 4 is 33.3 Å². The Hall–Kier alpha value is -2.65. The number of anilines is 1. The smallest absolute Gasteiger partial charge is 0.229 e. The van der Waals surface area contributed by atoms with Gasteiger partial charge in [-0.2, -0.15) is 0 Å². The molecule has 0 bridgehead atoms. The Balaban J connectivity index is 1.53. The lowest BCUT2D eigenvalue weighted by molar-refractivity contribution is 0.0979. The van der Waals surface area contributed by atoms with E-state index < -0.39 is 10.0 Å². The van der Waals surface area contributed by atoms with E-state index in [4.69, 9.17) is 0 Å². The molecule has 1 unspecified atom stereocenters. The van der Waals surface area contributed by atoms with Crippen molar-refractivity contribution in [2.75, 3.05) is 11.0 Å². The van der Waals surface area contributed by atoms with Gasteiger partial charge in [-0.1, -0.05) is 36.0 Å². The zero-order valence-corrected chi connectivity index (χ0v) is 17.6. The number of hydrogen-bond acceptors (Lipinski definition) is 6. The molecule has 1 heterocycles. The van der Waals surface area contributed by atoms with Crippen LogP contribution >= 0.6 is 11.8 Å². The first-order chi connectivity index (χ1) is 13.8. The maximum atomic E-state index is 12.8. The molecule has 0 aliphatic heterocycles. The molecule has 0 amide bonds. The van der Waals surface area contributed by atoms with Crippen LogP contribution in [0.2, 0.25) is 0 Å². The maximum Gasteiger partial charge on any atom is 0.229 e. The second kappa shape index (κ2) is 7.64. The fourth-order valence-electron chi connectivity index (χ4n) is 3.38. The Labute approximate surface area is 173 Å². The SMILES string of the molecule is Cn1c(SC2CCc3ccccc3C2=O)nnc1-c1ccc(NS(C)(=O)=O)cc1. The van der Waals surface area contributed by atoms with Gasteiger partial charge in [0, 0.05) is 23.9 Å². The number of nitrogens with one attached hydrogen (secondary N) is 1. The summed E-state index contributed by atoms with van der Waals surface area (Å²) in [4.78, 5) is 12.8. The molecular weight excluding hydrogens is 408 g/mol. The van der Waals surface area contributed by atoms with Gasteiger partial charge in [0.05, 0.1) is 11.5 Å². The lowest BCUT2D eigenvalue weighted by Gasteiger charge is -2.22. The van der Waals surface area contributed by atoms with E-state index in [-0.39, 0.29) is 11.0 Å². The van der Waals surface area contributed by atoms with Gasteiger partial charge < -0.3 is 4.57 Å². The summed E-state index contributed by atoms with van der Waals surface area (Å²) in [7, 11) is -1.46. The molecule has 2 aromatic carbocycles. The van der Waals surface area contributed by atoms with Gasteiger partial charge in [-0.25, -0.2) is 8.42 Å². The van der Waals surface area contributed by atoms with Crippen LogP contribution in [0.1, 0.15) is 22.3 Å². The third kappa shape index (κ3) is 4.20. The molecule has 150 valence electrons. The minimum absolute atomic E-state index is 0.137. The van der Waals surface area contributed by atoms with Gasteiger partial charge in [-0.3, -0.25) is 9.52 Å². The highest BCUT2D eigenvalue weighted by molar-refractivity contribution is 8.00. The topological polar surface area (TPSA) is 93.9 Å². The van der Waals surface area contributed by atoms with Crippen molar-refractivity contribution in [1.29, 1.82) is 0 Å². The van der Waals surface area contributed by atoms with E-state index in [1.54, 1.807) is 24.3 Å². The predicted molar refractivity (Wildman–Crippen MR) is 114 cm³/mol. The van der Waals surface area contributed by atoms with E-state index in [1.165, 1.54) is 11.8 Å². The molecule has 1 aliphatic rings. The molecule has 1 aliphatic carbocycles. The Morgan fingerprint density at radius 3 is 2.55 bits per heavy atom. The summed E-state index contributed by atoms with van der Waals surface area (Å²) in [6.07, 6.45) is 2.76. The summed E-state index contributed by atoms with van der Waals surface area (Å²) in [5.41, 5.74) is 3.20. The molecule has 1 aromatic heterocycles. The molecule has 9 heteroatoms. The molecule has 7 nitrogen and oxygen atoms in total. The zero-order chi connectivity index (χ0) is 20.6. The lowest BCUT2D eigenvalue weighted by Crippen LogP contribution is -2.25. The standard InChI is InChI=1S/C20H20N4O3S2/c1-24-19(14-7-10-15(11-8-14)23-29(2,26)27)21-22-20(24)28-17-12-9-13-5-3-4-6-16(13)18(17)25/h3-8,10-11,17,23H,9,12H2,1-2H3. The third-order valence-electron chi connectivity index (χ3n) is 4.78. The fraction of sp³-hybridized carbons (Fsp3) is 0.250. The second-order valence-corrected chi connectivity index (χ2v) is 9.90. The zero-order valence-electron chi connectivity index (χ0n) is 16.0. The minimum Gasteiger partial charge on any atom is -0.305 e. The van der Waals surface area contributed by atoms with Crippen LogP contribution in [0.5, 0.6) is 0 Å². The van der Waals surface area contributed by atoms with E-state index in [0.717, 1.165) is 35.8 Å². The van der Waals surface area contributed by atoms with Crippen LogP contribution in [-0.4, -0.2) is 40.5 Å². The number of sulfonamides is 1. The number of benzene rings is 2. The van der Waals surface area contributed by atoms with Crippen LogP contribution in [0.15, 0.2) is 53.7 Å². The van der Waals surface area contributed by atoms with Gasteiger partial charge in [-0.15, -0.1) is 10.2 Å². The molecule has 0 radical (unpaired) electrons. The monoisotopic (exact) mass is 428 g/mol. The summed E-state index contributed by atoms with van der Waals surface area (Å²) in [6.45, 7) is 0. The van der Waals surface area contributed by atoms with Crippen LogP contribution in [-0.2, 0) is 23.5 Å². The van der Waals surface area contributed by atoms with Gasteiger partial charge in [0.2, 0.25) is 10.0 Å². The number of carbonyl (C=O) groups excluding carboxylic acids is 1. The van der Waals surface area contributed by atoms with Crippen molar-refractivity contribution < 1.29 is 13.2 Å².